The molecule has 0 amide bonds. The van der Waals surface area contributed by atoms with Crippen LogP contribution in [-0.4, -0.2) is 69.4 Å². The molecule has 12 nitrogen and oxygen atoms in total. The fourth-order valence-electron chi connectivity index (χ4n) is 14.7. The Kier molecular flexibility index (Phi) is 38.2. The van der Waals surface area contributed by atoms with E-state index in [-0.39, 0.29) is 102 Å². The molecule has 7 saturated carbocycles. The highest BCUT2D eigenvalue weighted by molar-refractivity contribution is 5.78. The number of rotatable bonds is 22. The Balaban J connectivity index is 0.000000411. The molecule has 0 unspecified atom stereocenters. The lowest BCUT2D eigenvalue weighted by Crippen LogP contribution is -2.49. The van der Waals surface area contributed by atoms with E-state index in [9.17, 15) is 28.8 Å². The predicted molar refractivity (Wildman–Crippen MR) is 414 cm³/mol. The largest absolute Gasteiger partial charge is 0.459 e. The summed E-state index contributed by atoms with van der Waals surface area (Å²) in [5, 5.41) is 0. The first-order valence-electron chi connectivity index (χ1n) is 41.6. The van der Waals surface area contributed by atoms with Crippen molar-refractivity contribution in [2.75, 3.05) is 0 Å². The first-order chi connectivity index (χ1) is 46.2. The van der Waals surface area contributed by atoms with Crippen LogP contribution in [0, 0.1) is 56.2 Å². The van der Waals surface area contributed by atoms with Gasteiger partial charge >= 0.3 is 35.8 Å². The molecule has 586 valence electrons. The van der Waals surface area contributed by atoms with Crippen molar-refractivity contribution in [1.82, 2.24) is 0 Å². The van der Waals surface area contributed by atoms with Gasteiger partial charge in [0.15, 0.2) is 0 Å². The quantitative estimate of drug-likeness (QED) is 0.0575. The number of esters is 6. The fraction of sp³-hybridized carbons (Fsp3) is 0.932. The van der Waals surface area contributed by atoms with Crippen LogP contribution in [-0.2, 0) is 57.2 Å². The van der Waals surface area contributed by atoms with E-state index in [1.54, 1.807) is 0 Å². The Morgan fingerprint density at radius 3 is 0.650 bits per heavy atom. The van der Waals surface area contributed by atoms with Gasteiger partial charge in [-0.25, -0.2) is 0 Å². The SMILES string of the molecule is CCC(C)(C)C(=O)OC(C)(C)C1CCCC1.CCC(C)(C)C(=O)OC(C)(C)C1CCCCC1.CCC(C)(C)C(=O)OC(C)(C1CCCCC1)C1CCCCC1.CCC(C)(C)C(=O)OC1(C)CCCC1.CCC(C)(C)C(=O)OC1(C)CCCCC1.CCC(C)(C)C(=O)OC1(C)CCCCCC1. The predicted octanol–water partition coefficient (Wildman–Crippen LogP) is 25.2. The molecule has 0 aromatic heterocycles. The minimum atomic E-state index is -0.357. The molecule has 12 heteroatoms. The Morgan fingerprint density at radius 1 is 0.250 bits per heavy atom. The van der Waals surface area contributed by atoms with E-state index < -0.39 is 0 Å². The number of carbonyl (C=O) groups excluding carboxylic acids is 6. The highest BCUT2D eigenvalue weighted by Gasteiger charge is 2.48. The summed E-state index contributed by atoms with van der Waals surface area (Å²) in [4.78, 5) is 72.8. The summed E-state index contributed by atoms with van der Waals surface area (Å²) >= 11 is 0. The van der Waals surface area contributed by atoms with E-state index in [2.05, 4.69) is 62.3 Å². The average Bonchev–Trinajstić information content (AvgIpc) is 0.924. The van der Waals surface area contributed by atoms with Gasteiger partial charge in [-0.15, -0.1) is 0 Å². The third kappa shape index (κ3) is 30.4. The van der Waals surface area contributed by atoms with Gasteiger partial charge < -0.3 is 28.4 Å². The number of carbonyl (C=O) groups is 6. The van der Waals surface area contributed by atoms with Crippen molar-refractivity contribution < 1.29 is 57.2 Å². The molecule has 7 aliphatic carbocycles. The van der Waals surface area contributed by atoms with Gasteiger partial charge in [0, 0.05) is 0 Å². The molecular formula is C88H162O12. The van der Waals surface area contributed by atoms with Crippen LogP contribution in [0.5, 0.6) is 0 Å². The molecule has 7 aliphatic rings. The molecule has 0 aromatic carbocycles. The first-order valence-corrected chi connectivity index (χ1v) is 41.6. The van der Waals surface area contributed by atoms with Crippen LogP contribution in [0.1, 0.15) is 437 Å². The highest BCUT2D eigenvalue weighted by Crippen LogP contribution is 2.47. The Morgan fingerprint density at radius 2 is 0.420 bits per heavy atom. The van der Waals surface area contributed by atoms with Gasteiger partial charge in [0.25, 0.3) is 0 Å². The highest BCUT2D eigenvalue weighted by atomic mass is 16.6. The second kappa shape index (κ2) is 41.1. The van der Waals surface area contributed by atoms with E-state index in [0.717, 1.165) is 77.0 Å². The van der Waals surface area contributed by atoms with Crippen LogP contribution < -0.4 is 0 Å². The number of ether oxygens (including phenoxy) is 6. The zero-order chi connectivity index (χ0) is 76.3. The molecule has 0 heterocycles. The standard InChI is InChI=1S/C20H36O2.C15H28O2.2C14H26O2.C13H24O2.C12H22O2/c1-5-19(2,3)18(21)22-20(4,16-12-8-6-9-13-16)17-14-10-7-11-15-17;1-6-14(2,3)13(16)17-15(4,5)12-10-8-7-9-11-12;1-6-13(2,3)12(15)16-14(4,5)11-9-7-8-10-11;1-5-13(2,3)12(15)16-14(4)10-8-6-7-9-11-14;1-5-12(2,3)11(14)15-13(4)9-7-6-8-10-13;1-5-11(2,3)10(13)14-12(4)8-6-7-9-12/h16-17H,5-15H2,1-4H3;12H,6-11H2,1-5H3;11H,6-10H2,1-5H3;5-11H2,1-4H3;5-10H2,1-4H3;5-9H2,1-4H3. The van der Waals surface area contributed by atoms with Gasteiger partial charge in [-0.05, 0) is 329 Å². The maximum Gasteiger partial charge on any atom is 0.312 e. The minimum Gasteiger partial charge on any atom is -0.459 e. The smallest absolute Gasteiger partial charge is 0.312 e. The molecule has 0 spiro atoms. The van der Waals surface area contributed by atoms with E-state index in [1.165, 1.54) is 180 Å². The van der Waals surface area contributed by atoms with Gasteiger partial charge in [0.05, 0.1) is 32.5 Å². The zero-order valence-corrected chi connectivity index (χ0v) is 70.5. The van der Waals surface area contributed by atoms with E-state index in [0.29, 0.717) is 23.7 Å². The van der Waals surface area contributed by atoms with E-state index in [1.807, 2.05) is 118 Å². The molecule has 0 radical (unpaired) electrons. The molecule has 0 N–H and O–H groups in total. The van der Waals surface area contributed by atoms with Gasteiger partial charge in [0.2, 0.25) is 0 Å². The van der Waals surface area contributed by atoms with E-state index in [4.69, 9.17) is 28.4 Å². The van der Waals surface area contributed by atoms with Crippen LogP contribution in [0.2, 0.25) is 0 Å². The van der Waals surface area contributed by atoms with Crippen molar-refractivity contribution in [2.24, 2.45) is 56.2 Å². The van der Waals surface area contributed by atoms with Crippen LogP contribution in [0.3, 0.4) is 0 Å². The second-order valence-corrected chi connectivity index (χ2v) is 38.2. The van der Waals surface area contributed by atoms with Crippen molar-refractivity contribution in [2.45, 2.75) is 470 Å². The van der Waals surface area contributed by atoms with Crippen molar-refractivity contribution in [3.63, 3.8) is 0 Å². The van der Waals surface area contributed by atoms with E-state index >= 15 is 0 Å². The zero-order valence-electron chi connectivity index (χ0n) is 70.5. The number of hydrogen-bond acceptors (Lipinski definition) is 12. The summed E-state index contributed by atoms with van der Waals surface area (Å²) in [5.41, 5.74) is -3.46. The van der Waals surface area contributed by atoms with Crippen LogP contribution in [0.25, 0.3) is 0 Å². The van der Waals surface area contributed by atoms with Gasteiger partial charge in [-0.3, -0.25) is 28.8 Å². The lowest BCUT2D eigenvalue weighted by molar-refractivity contribution is -0.187. The summed E-state index contributed by atoms with van der Waals surface area (Å²) in [6.07, 6.45) is 46.3. The average molecular weight is 1410 g/mol. The van der Waals surface area contributed by atoms with Gasteiger partial charge in [0.1, 0.15) is 33.6 Å². The van der Waals surface area contributed by atoms with Crippen molar-refractivity contribution in [3.8, 4) is 0 Å². The second-order valence-electron chi connectivity index (χ2n) is 38.2. The summed E-state index contributed by atoms with van der Waals surface area (Å²) in [6, 6.07) is 0. The summed E-state index contributed by atoms with van der Waals surface area (Å²) in [6.45, 7) is 52.7. The van der Waals surface area contributed by atoms with Crippen LogP contribution >= 0.6 is 0 Å². The van der Waals surface area contributed by atoms with Gasteiger partial charge in [-0.2, -0.15) is 0 Å². The topological polar surface area (TPSA) is 158 Å². The molecule has 0 atom stereocenters. The summed E-state index contributed by atoms with van der Waals surface area (Å²) in [5.74, 6) is 2.05. The molecule has 0 saturated heterocycles. The van der Waals surface area contributed by atoms with Crippen molar-refractivity contribution in [1.29, 1.82) is 0 Å². The lowest BCUT2D eigenvalue weighted by atomic mass is 9.67. The monoisotopic (exact) mass is 1410 g/mol. The van der Waals surface area contributed by atoms with Crippen LogP contribution in [0.4, 0.5) is 0 Å². The summed E-state index contributed by atoms with van der Waals surface area (Å²) in [7, 11) is 0. The van der Waals surface area contributed by atoms with Crippen LogP contribution in [0.15, 0.2) is 0 Å². The van der Waals surface area contributed by atoms with Crippen molar-refractivity contribution >= 4 is 35.8 Å². The third-order valence-electron chi connectivity index (χ3n) is 26.2. The van der Waals surface area contributed by atoms with Crippen molar-refractivity contribution in [3.05, 3.63) is 0 Å². The molecule has 0 aromatic rings. The lowest BCUT2D eigenvalue weighted by Gasteiger charge is -2.47. The molecule has 7 fully saturated rings. The Hall–Kier alpha value is -3.18. The minimum absolute atomic E-state index is 0.0219. The summed E-state index contributed by atoms with van der Waals surface area (Å²) < 4.78 is 35.0. The first kappa shape index (κ1) is 92.9. The third-order valence-corrected chi connectivity index (χ3v) is 26.2. The van der Waals surface area contributed by atoms with Gasteiger partial charge in [-0.1, -0.05) is 131 Å². The normalized spacial score (nSPS) is 20.7. The molecular weight excluding hydrogens is 1250 g/mol. The molecule has 0 bridgehead atoms. The Labute approximate surface area is 616 Å². The maximum atomic E-state index is 12.8. The molecule has 100 heavy (non-hydrogen) atoms. The maximum absolute atomic E-state index is 12.8. The number of hydrogen-bond donors (Lipinski definition) is 0. The fourth-order valence-corrected chi connectivity index (χ4v) is 14.7. The molecule has 7 rings (SSSR count). The molecule has 0 aliphatic heterocycles. The Bertz CT molecular complexity index is 2340.